The molecule has 1 amide bonds. The Hall–Kier alpha value is -2.00. The minimum Gasteiger partial charge on any atom is -0.379 e. The van der Waals surface area contributed by atoms with Crippen LogP contribution < -0.4 is 5.32 Å². The van der Waals surface area contributed by atoms with Crippen molar-refractivity contribution in [1.82, 2.24) is 14.9 Å². The fourth-order valence-electron chi connectivity index (χ4n) is 3.10. The van der Waals surface area contributed by atoms with E-state index in [4.69, 9.17) is 4.74 Å². The third-order valence-electron chi connectivity index (χ3n) is 4.33. The zero-order valence-electron chi connectivity index (χ0n) is 13.4. The van der Waals surface area contributed by atoms with Crippen molar-refractivity contribution < 1.29 is 14.7 Å². The molecule has 25 heavy (non-hydrogen) atoms. The van der Waals surface area contributed by atoms with Crippen LogP contribution in [0.4, 0.5) is 5.69 Å². The first-order valence-electron chi connectivity index (χ1n) is 8.01. The third kappa shape index (κ3) is 3.25. The molecule has 0 aromatic carbocycles. The number of carbonyl (C=O) groups is 1. The lowest BCUT2D eigenvalue weighted by Gasteiger charge is -2.28. The lowest BCUT2D eigenvalue weighted by atomic mass is 10.1. The molecule has 130 valence electrons. The Kier molecular flexibility index (Phi) is 4.43. The van der Waals surface area contributed by atoms with Gasteiger partial charge in [-0.3, -0.25) is 14.9 Å². The number of morpholine rings is 1. The average molecular weight is 405 g/mol. The van der Waals surface area contributed by atoms with Gasteiger partial charge in [0.15, 0.2) is 0 Å². The molecule has 2 N–H and O–H groups in total. The van der Waals surface area contributed by atoms with Crippen LogP contribution in [-0.4, -0.2) is 58.9 Å². The Morgan fingerprint density at radius 3 is 2.84 bits per heavy atom. The van der Waals surface area contributed by atoms with Crippen LogP contribution in [0, 0.1) is 0 Å². The number of halogens is 1. The highest BCUT2D eigenvalue weighted by Gasteiger charge is 2.31. The zero-order chi connectivity index (χ0) is 17.4. The van der Waals surface area contributed by atoms with E-state index in [1.807, 2.05) is 6.08 Å². The van der Waals surface area contributed by atoms with Gasteiger partial charge in [-0.2, -0.15) is 0 Å². The molecule has 4 heterocycles. The summed E-state index contributed by atoms with van der Waals surface area (Å²) in [6.45, 7) is 3.93. The van der Waals surface area contributed by atoms with Crippen molar-refractivity contribution in [2.24, 2.45) is 0 Å². The number of hydrogen-bond donors (Lipinski definition) is 2. The third-order valence-corrected chi connectivity index (χ3v) is 4.77. The van der Waals surface area contributed by atoms with Crippen LogP contribution in [0.3, 0.4) is 0 Å². The van der Waals surface area contributed by atoms with Crippen LogP contribution in [0.2, 0.25) is 0 Å². The number of fused-ring (bicyclic) bond motifs is 1. The average Bonchev–Trinajstić information content (AvgIpc) is 2.91. The number of hydroxylamine groups is 2. The van der Waals surface area contributed by atoms with Gasteiger partial charge in [0.2, 0.25) is 0 Å². The predicted octanol–water partition coefficient (Wildman–Crippen LogP) is 1.98. The first-order valence-corrected chi connectivity index (χ1v) is 8.80. The van der Waals surface area contributed by atoms with E-state index in [9.17, 15) is 10.0 Å². The summed E-state index contributed by atoms with van der Waals surface area (Å²) >= 11 is 3.32. The number of aromatic nitrogens is 1. The first-order chi connectivity index (χ1) is 12.1. The normalized spacial score (nSPS) is 23.5. The van der Waals surface area contributed by atoms with Gasteiger partial charge in [-0.05, 0) is 39.7 Å². The van der Waals surface area contributed by atoms with Gasteiger partial charge in [0.05, 0.1) is 30.2 Å². The molecule has 8 heteroatoms. The van der Waals surface area contributed by atoms with Crippen molar-refractivity contribution >= 4 is 33.1 Å². The SMILES string of the molecule is O=C1Nc2ccc(Br)nc2C1=C1C=CC(CN2CCOCC2)=CN1O. The largest absolute Gasteiger partial charge is 0.379 e. The molecule has 1 aromatic heterocycles. The highest BCUT2D eigenvalue weighted by atomic mass is 79.9. The molecule has 0 bridgehead atoms. The molecule has 0 atom stereocenters. The summed E-state index contributed by atoms with van der Waals surface area (Å²) in [5, 5.41) is 14.2. The van der Waals surface area contributed by atoms with Crippen LogP contribution in [0.5, 0.6) is 0 Å². The highest BCUT2D eigenvalue weighted by Crippen LogP contribution is 2.35. The summed E-state index contributed by atoms with van der Waals surface area (Å²) in [5.41, 5.74) is 2.91. The topological polar surface area (TPSA) is 77.9 Å². The second kappa shape index (κ2) is 6.72. The summed E-state index contributed by atoms with van der Waals surface area (Å²) < 4.78 is 5.98. The van der Waals surface area contributed by atoms with Gasteiger partial charge in [-0.1, -0.05) is 6.08 Å². The molecule has 0 unspecified atom stereocenters. The number of allylic oxidation sites excluding steroid dienone is 1. The summed E-state index contributed by atoms with van der Waals surface area (Å²) in [5.74, 6) is -0.274. The number of carbonyl (C=O) groups excluding carboxylic acids is 1. The Morgan fingerprint density at radius 2 is 2.08 bits per heavy atom. The van der Waals surface area contributed by atoms with Crippen LogP contribution in [0.15, 0.2) is 46.4 Å². The van der Waals surface area contributed by atoms with Crippen LogP contribution in [0.1, 0.15) is 5.69 Å². The van der Waals surface area contributed by atoms with E-state index >= 15 is 0 Å². The van der Waals surface area contributed by atoms with E-state index in [-0.39, 0.29) is 5.91 Å². The molecular formula is C17H17BrN4O3. The minimum atomic E-state index is -0.274. The monoisotopic (exact) mass is 404 g/mol. The van der Waals surface area contributed by atoms with Gasteiger partial charge >= 0.3 is 0 Å². The Bertz CT molecular complexity index is 812. The molecule has 1 aromatic rings. The van der Waals surface area contributed by atoms with Gasteiger partial charge in [0.1, 0.15) is 10.3 Å². The molecule has 1 saturated heterocycles. The van der Waals surface area contributed by atoms with Crippen molar-refractivity contribution in [3.63, 3.8) is 0 Å². The zero-order valence-corrected chi connectivity index (χ0v) is 15.0. The predicted molar refractivity (Wildman–Crippen MR) is 95.6 cm³/mol. The molecule has 0 aliphatic carbocycles. The van der Waals surface area contributed by atoms with E-state index in [0.29, 0.717) is 27.3 Å². The van der Waals surface area contributed by atoms with Crippen molar-refractivity contribution in [1.29, 1.82) is 0 Å². The second-order valence-electron chi connectivity index (χ2n) is 6.01. The molecular weight excluding hydrogens is 388 g/mol. The summed E-state index contributed by atoms with van der Waals surface area (Å²) in [7, 11) is 0. The minimum absolute atomic E-state index is 0.274. The Morgan fingerprint density at radius 1 is 1.28 bits per heavy atom. The summed E-state index contributed by atoms with van der Waals surface area (Å²) in [6, 6.07) is 3.55. The Labute approximate surface area is 153 Å². The standard InChI is InChI=1S/C17H17BrN4O3/c18-14-4-2-12-16(20-14)15(17(23)19-12)13-3-1-11(10-22(13)24)9-21-5-7-25-8-6-21/h1-4,10,24H,5-9H2,(H,19,23). The quantitative estimate of drug-likeness (QED) is 0.579. The van der Waals surface area contributed by atoms with E-state index in [0.717, 1.165) is 43.5 Å². The van der Waals surface area contributed by atoms with Crippen LogP contribution in [-0.2, 0) is 9.53 Å². The highest BCUT2D eigenvalue weighted by molar-refractivity contribution is 9.10. The number of pyridine rings is 1. The molecule has 4 rings (SSSR count). The van der Waals surface area contributed by atoms with Crippen LogP contribution >= 0.6 is 15.9 Å². The number of anilines is 1. The maximum Gasteiger partial charge on any atom is 0.260 e. The summed E-state index contributed by atoms with van der Waals surface area (Å²) in [4.78, 5) is 19.0. The first kappa shape index (κ1) is 16.5. The van der Waals surface area contributed by atoms with E-state index in [2.05, 4.69) is 31.1 Å². The van der Waals surface area contributed by atoms with E-state index in [1.165, 1.54) is 0 Å². The van der Waals surface area contributed by atoms with Gasteiger partial charge < -0.3 is 10.1 Å². The fourth-order valence-corrected chi connectivity index (χ4v) is 3.41. The second-order valence-corrected chi connectivity index (χ2v) is 6.83. The maximum absolute atomic E-state index is 12.3. The molecule has 0 saturated carbocycles. The summed E-state index contributed by atoms with van der Waals surface area (Å²) in [6.07, 6.45) is 5.32. The molecule has 3 aliphatic heterocycles. The number of ether oxygens (including phenoxy) is 1. The number of rotatable bonds is 2. The molecule has 0 radical (unpaired) electrons. The van der Waals surface area contributed by atoms with Gasteiger partial charge in [-0.25, -0.2) is 10.0 Å². The van der Waals surface area contributed by atoms with Gasteiger partial charge in [0.25, 0.3) is 5.91 Å². The lowest BCUT2D eigenvalue weighted by molar-refractivity contribution is -0.111. The van der Waals surface area contributed by atoms with Crippen LogP contribution in [0.25, 0.3) is 5.57 Å². The van der Waals surface area contributed by atoms with Gasteiger partial charge in [0, 0.05) is 25.8 Å². The number of nitrogens with one attached hydrogen (secondary N) is 1. The number of amides is 1. The van der Waals surface area contributed by atoms with Gasteiger partial charge in [-0.15, -0.1) is 0 Å². The van der Waals surface area contributed by atoms with Crippen molar-refractivity contribution in [3.8, 4) is 0 Å². The lowest BCUT2D eigenvalue weighted by Crippen LogP contribution is -2.37. The molecule has 7 nitrogen and oxygen atoms in total. The number of nitrogens with zero attached hydrogens (tertiary/aromatic N) is 3. The van der Waals surface area contributed by atoms with E-state index < -0.39 is 0 Å². The molecule has 0 spiro atoms. The van der Waals surface area contributed by atoms with Crippen molar-refractivity contribution in [2.45, 2.75) is 0 Å². The Balaban J connectivity index is 1.61. The fraction of sp³-hybridized carbons (Fsp3) is 0.294. The van der Waals surface area contributed by atoms with E-state index in [1.54, 1.807) is 24.4 Å². The van der Waals surface area contributed by atoms with Crippen molar-refractivity contribution in [2.75, 3.05) is 38.2 Å². The smallest absolute Gasteiger partial charge is 0.260 e. The van der Waals surface area contributed by atoms with Crippen molar-refractivity contribution in [3.05, 3.63) is 52.1 Å². The number of hydrogen-bond acceptors (Lipinski definition) is 6. The molecule has 3 aliphatic rings. The molecule has 1 fully saturated rings. The maximum atomic E-state index is 12.3.